The zero-order valence-electron chi connectivity index (χ0n) is 13.8. The van der Waals surface area contributed by atoms with Crippen LogP contribution in [0.4, 0.5) is 0 Å². The van der Waals surface area contributed by atoms with Gasteiger partial charge < -0.3 is 0 Å². The van der Waals surface area contributed by atoms with Gasteiger partial charge in [0.1, 0.15) is 0 Å². The fraction of sp³-hybridized carbons (Fsp3) is 0.0769. The first-order chi connectivity index (χ1) is 12.4. The molecule has 124 valence electrons. The highest BCUT2D eigenvalue weighted by atomic mass is 14.2. The highest BCUT2D eigenvalue weighted by Gasteiger charge is 2.22. The van der Waals surface area contributed by atoms with Crippen LogP contribution in [0.2, 0.25) is 0 Å². The molecule has 0 radical (unpaired) electrons. The molecular weight excluding hydrogens is 312 g/mol. The largest absolute Gasteiger partial charge is 0.0776 e. The van der Waals surface area contributed by atoms with Gasteiger partial charge in [0.25, 0.3) is 0 Å². The van der Waals surface area contributed by atoms with Crippen molar-refractivity contribution < 1.29 is 0 Å². The Bertz CT molecular complexity index is 1270. The van der Waals surface area contributed by atoms with Crippen LogP contribution in [0.5, 0.6) is 0 Å². The summed E-state index contributed by atoms with van der Waals surface area (Å²) in [6.07, 6.45) is 1.03. The average molecular weight is 332 g/mol. The van der Waals surface area contributed by atoms with E-state index in [9.17, 15) is 0 Å². The molecule has 0 aromatic heterocycles. The van der Waals surface area contributed by atoms with E-state index in [1.165, 1.54) is 54.6 Å². The van der Waals surface area contributed by atoms with Crippen molar-refractivity contribution in [2.45, 2.75) is 13.8 Å². The Labute approximate surface area is 153 Å². The van der Waals surface area contributed by atoms with Crippen molar-refractivity contribution in [3.05, 3.63) is 96.1 Å². The minimum Gasteiger partial charge on any atom is -0.0776 e. The summed E-state index contributed by atoms with van der Waals surface area (Å²) in [5, 5.41) is 8.25. The molecule has 0 saturated carbocycles. The normalized spacial score (nSPS) is 12.2. The highest BCUT2D eigenvalue weighted by Crippen LogP contribution is 2.44. The van der Waals surface area contributed by atoms with Gasteiger partial charge in [-0.15, -0.1) is 0 Å². The van der Waals surface area contributed by atoms with E-state index in [1.807, 2.05) is 0 Å². The van der Waals surface area contributed by atoms with Gasteiger partial charge in [0.2, 0.25) is 0 Å². The molecule has 5 aromatic rings. The van der Waals surface area contributed by atoms with Crippen LogP contribution in [0.25, 0.3) is 43.4 Å². The number of rotatable bonds is 0. The van der Waals surface area contributed by atoms with Crippen LogP contribution in [-0.4, -0.2) is 0 Å². The summed E-state index contributed by atoms with van der Waals surface area (Å²) >= 11 is 0. The van der Waals surface area contributed by atoms with Crippen molar-refractivity contribution >= 4 is 32.3 Å². The third kappa shape index (κ3) is 1.84. The Morgan fingerprint density at radius 1 is 0.462 bits per heavy atom. The SMILES string of the molecule is C.c1ccc2c(c1)Cc1c-2ccc2c3ccccc3c3ccccc3c12. The standard InChI is InChI=1S/C25H16.CH4/c1-2-8-17-16(7-1)15-24-21(17)13-14-23-20-11-4-3-9-18(20)19-10-5-6-12-22(19)25(23)24;/h1-14H,15H2;1H4. The van der Waals surface area contributed by atoms with E-state index in [2.05, 4.69) is 84.9 Å². The maximum absolute atomic E-state index is 2.32. The van der Waals surface area contributed by atoms with E-state index in [-0.39, 0.29) is 7.43 Å². The molecule has 0 atom stereocenters. The van der Waals surface area contributed by atoms with Crippen LogP contribution in [0, 0.1) is 0 Å². The molecule has 0 saturated heterocycles. The fourth-order valence-electron chi connectivity index (χ4n) is 4.63. The molecule has 0 unspecified atom stereocenters. The quantitative estimate of drug-likeness (QED) is 0.255. The van der Waals surface area contributed by atoms with Crippen molar-refractivity contribution in [2.24, 2.45) is 0 Å². The third-order valence-corrected chi connectivity index (χ3v) is 5.69. The Morgan fingerprint density at radius 2 is 1.00 bits per heavy atom. The third-order valence-electron chi connectivity index (χ3n) is 5.69. The zero-order valence-corrected chi connectivity index (χ0v) is 13.8. The van der Waals surface area contributed by atoms with Crippen LogP contribution in [0.15, 0.2) is 84.9 Å². The maximum atomic E-state index is 2.32. The summed E-state index contributed by atoms with van der Waals surface area (Å²) in [7, 11) is 0. The number of hydrogen-bond donors (Lipinski definition) is 0. The highest BCUT2D eigenvalue weighted by molar-refractivity contribution is 6.27. The van der Waals surface area contributed by atoms with Gasteiger partial charge >= 0.3 is 0 Å². The Kier molecular flexibility index (Phi) is 3.17. The van der Waals surface area contributed by atoms with Gasteiger partial charge in [0.05, 0.1) is 0 Å². The maximum Gasteiger partial charge on any atom is -0.000706 e. The molecule has 0 spiro atoms. The summed E-state index contributed by atoms with van der Waals surface area (Å²) in [5.74, 6) is 0. The monoisotopic (exact) mass is 332 g/mol. The summed E-state index contributed by atoms with van der Waals surface area (Å²) < 4.78 is 0. The topological polar surface area (TPSA) is 0 Å². The molecule has 0 heteroatoms. The number of hydrogen-bond acceptors (Lipinski definition) is 0. The van der Waals surface area contributed by atoms with Crippen molar-refractivity contribution in [1.29, 1.82) is 0 Å². The van der Waals surface area contributed by atoms with Gasteiger partial charge in [0, 0.05) is 0 Å². The van der Waals surface area contributed by atoms with Crippen molar-refractivity contribution in [1.82, 2.24) is 0 Å². The lowest BCUT2D eigenvalue weighted by Gasteiger charge is -2.13. The van der Waals surface area contributed by atoms with Crippen LogP contribution >= 0.6 is 0 Å². The molecule has 5 aromatic carbocycles. The van der Waals surface area contributed by atoms with E-state index < -0.39 is 0 Å². The molecule has 6 rings (SSSR count). The second-order valence-corrected chi connectivity index (χ2v) is 6.94. The van der Waals surface area contributed by atoms with Crippen molar-refractivity contribution in [3.8, 4) is 11.1 Å². The number of fused-ring (bicyclic) bond motifs is 10. The smallest absolute Gasteiger partial charge is 0.000706 e. The summed E-state index contributed by atoms with van der Waals surface area (Å²) in [6.45, 7) is 0. The summed E-state index contributed by atoms with van der Waals surface area (Å²) in [4.78, 5) is 0. The molecule has 0 bridgehead atoms. The lowest BCUT2D eigenvalue weighted by atomic mass is 9.90. The first kappa shape index (κ1) is 15.2. The molecule has 0 fully saturated rings. The summed E-state index contributed by atoms with van der Waals surface area (Å²) in [5.41, 5.74) is 5.74. The second-order valence-electron chi connectivity index (χ2n) is 6.94. The Balaban J connectivity index is 0.00000150. The van der Waals surface area contributed by atoms with Crippen LogP contribution in [0.3, 0.4) is 0 Å². The van der Waals surface area contributed by atoms with E-state index in [4.69, 9.17) is 0 Å². The van der Waals surface area contributed by atoms with E-state index >= 15 is 0 Å². The van der Waals surface area contributed by atoms with Crippen LogP contribution in [-0.2, 0) is 6.42 Å². The van der Waals surface area contributed by atoms with Gasteiger partial charge in [-0.3, -0.25) is 0 Å². The van der Waals surface area contributed by atoms with Crippen LogP contribution in [0.1, 0.15) is 18.6 Å². The van der Waals surface area contributed by atoms with Gasteiger partial charge in [-0.25, -0.2) is 0 Å². The predicted molar refractivity (Wildman–Crippen MR) is 114 cm³/mol. The van der Waals surface area contributed by atoms with Gasteiger partial charge in [-0.05, 0) is 61.0 Å². The molecule has 0 N–H and O–H groups in total. The Hall–Kier alpha value is -3.12. The predicted octanol–water partition coefficient (Wildman–Crippen LogP) is 7.35. The van der Waals surface area contributed by atoms with Crippen molar-refractivity contribution in [3.63, 3.8) is 0 Å². The summed E-state index contributed by atoms with van der Waals surface area (Å²) in [6, 6.07) is 31.1. The minimum absolute atomic E-state index is 0. The fourth-order valence-corrected chi connectivity index (χ4v) is 4.63. The van der Waals surface area contributed by atoms with Gasteiger partial charge in [0.15, 0.2) is 0 Å². The van der Waals surface area contributed by atoms with Gasteiger partial charge in [-0.1, -0.05) is 92.4 Å². The van der Waals surface area contributed by atoms with E-state index in [0.29, 0.717) is 0 Å². The average Bonchev–Trinajstić information content (AvgIpc) is 3.06. The lowest BCUT2D eigenvalue weighted by Crippen LogP contribution is -1.89. The molecule has 1 aliphatic rings. The van der Waals surface area contributed by atoms with Crippen LogP contribution < -0.4 is 0 Å². The lowest BCUT2D eigenvalue weighted by molar-refractivity contribution is 1.29. The zero-order chi connectivity index (χ0) is 16.4. The van der Waals surface area contributed by atoms with Crippen molar-refractivity contribution in [2.75, 3.05) is 0 Å². The molecule has 26 heavy (non-hydrogen) atoms. The van der Waals surface area contributed by atoms with E-state index in [1.54, 1.807) is 0 Å². The second kappa shape index (κ2) is 5.44. The number of benzene rings is 5. The Morgan fingerprint density at radius 3 is 1.73 bits per heavy atom. The molecule has 0 heterocycles. The molecule has 0 aliphatic heterocycles. The molecule has 1 aliphatic carbocycles. The molecular formula is C26H20. The molecule has 0 amide bonds. The minimum atomic E-state index is 0. The first-order valence-corrected chi connectivity index (χ1v) is 8.85. The van der Waals surface area contributed by atoms with E-state index in [0.717, 1.165) is 6.42 Å². The van der Waals surface area contributed by atoms with Gasteiger partial charge in [-0.2, -0.15) is 0 Å². The first-order valence-electron chi connectivity index (χ1n) is 8.85. The molecule has 0 nitrogen and oxygen atoms in total.